The van der Waals surface area contributed by atoms with Crippen molar-refractivity contribution in [2.24, 2.45) is 0 Å². The zero-order valence-electron chi connectivity index (χ0n) is 31.7. The van der Waals surface area contributed by atoms with E-state index >= 15 is 0 Å². The number of unbranched alkanes of at least 4 members (excludes halogenated alkanes) is 1. The zero-order chi connectivity index (χ0) is 37.7. The Labute approximate surface area is 325 Å². The fraction of sp³-hybridized carbons (Fsp3) is 0.391. The number of carbonyl (C=O) groups excluding carboxylic acids is 2. The predicted molar refractivity (Wildman–Crippen MR) is 217 cm³/mol. The molecule has 1 unspecified atom stereocenters. The van der Waals surface area contributed by atoms with Gasteiger partial charge in [0, 0.05) is 68.7 Å². The second-order valence-corrected chi connectivity index (χ2v) is 15.6. The first kappa shape index (κ1) is 36.8. The van der Waals surface area contributed by atoms with E-state index in [1.54, 1.807) is 4.90 Å². The van der Waals surface area contributed by atoms with Crippen molar-refractivity contribution >= 4 is 17.5 Å². The van der Waals surface area contributed by atoms with Gasteiger partial charge in [0.2, 0.25) is 5.91 Å². The number of aromatic hydroxyl groups is 1. The maximum absolute atomic E-state index is 13.0. The quantitative estimate of drug-likeness (QED) is 0.129. The van der Waals surface area contributed by atoms with E-state index in [9.17, 15) is 14.7 Å². The van der Waals surface area contributed by atoms with Crippen molar-refractivity contribution < 1.29 is 19.4 Å². The van der Waals surface area contributed by atoms with Crippen LogP contribution in [0.5, 0.6) is 11.5 Å². The van der Waals surface area contributed by atoms with Gasteiger partial charge in [-0.15, -0.1) is 0 Å². The van der Waals surface area contributed by atoms with E-state index in [4.69, 9.17) is 4.74 Å². The smallest absolute Gasteiger partial charge is 0.255 e. The van der Waals surface area contributed by atoms with Crippen LogP contribution < -0.4 is 15.4 Å². The van der Waals surface area contributed by atoms with Gasteiger partial charge in [0.05, 0.1) is 0 Å². The molecule has 2 fully saturated rings. The zero-order valence-corrected chi connectivity index (χ0v) is 31.7. The molecule has 3 aliphatic heterocycles. The number of rotatable bonds is 13. The minimum atomic E-state index is -0.431. The van der Waals surface area contributed by atoms with E-state index in [1.807, 2.05) is 24.3 Å². The number of phenols is 1. The molecule has 0 aromatic heterocycles. The number of nitrogens with one attached hydrogen (secondary N) is 2. The minimum absolute atomic E-state index is 0.0602. The molecule has 1 aliphatic carbocycles. The molecular weight excluding hydrogens is 687 g/mol. The third-order valence-corrected chi connectivity index (χ3v) is 12.1. The van der Waals surface area contributed by atoms with E-state index in [-0.39, 0.29) is 17.7 Å². The van der Waals surface area contributed by atoms with Gasteiger partial charge in [-0.05, 0) is 121 Å². The second-order valence-electron chi connectivity index (χ2n) is 15.6. The molecule has 0 radical (unpaired) electrons. The highest BCUT2D eigenvalue weighted by atomic mass is 16.5. The fourth-order valence-corrected chi connectivity index (χ4v) is 9.04. The topological polar surface area (TPSA) is 97.4 Å². The molecule has 8 rings (SSSR count). The number of carbonyl (C=O) groups is 2. The number of aryl methyl sites for hydroxylation is 1. The summed E-state index contributed by atoms with van der Waals surface area (Å²) in [6.45, 7) is 12.2. The molecule has 3 heterocycles. The summed E-state index contributed by atoms with van der Waals surface area (Å²) in [4.78, 5) is 32.3. The number of piperazine rings is 1. The molecule has 0 bridgehead atoms. The van der Waals surface area contributed by atoms with Gasteiger partial charge in [-0.3, -0.25) is 14.5 Å². The molecule has 0 spiro atoms. The number of ether oxygens (including phenoxy) is 1. The summed E-state index contributed by atoms with van der Waals surface area (Å²) in [5.41, 5.74) is 8.63. The van der Waals surface area contributed by atoms with E-state index in [1.165, 1.54) is 22.3 Å². The molecular formula is C46H53N5O4. The lowest BCUT2D eigenvalue weighted by atomic mass is 9.69. The summed E-state index contributed by atoms with van der Waals surface area (Å²) in [5, 5.41) is 16.5. The Morgan fingerprint density at radius 1 is 0.800 bits per heavy atom. The molecule has 4 aromatic carbocycles. The number of allylic oxidation sites excluding steroid dienone is 1. The van der Waals surface area contributed by atoms with Crippen LogP contribution in [0.1, 0.15) is 82.1 Å². The Hall–Kier alpha value is -5.12. The molecule has 0 saturated carbocycles. The molecule has 3 N–H and O–H groups in total. The monoisotopic (exact) mass is 739 g/mol. The number of amides is 2. The van der Waals surface area contributed by atoms with Crippen LogP contribution in [0, 0.1) is 0 Å². The molecule has 4 aliphatic rings. The number of benzene rings is 4. The second kappa shape index (κ2) is 16.7. The average Bonchev–Trinajstić information content (AvgIpc) is 3.53. The molecule has 286 valence electrons. The summed E-state index contributed by atoms with van der Waals surface area (Å²) in [6.07, 6.45) is 5.55. The van der Waals surface area contributed by atoms with Crippen LogP contribution in [0.4, 0.5) is 5.69 Å². The first-order valence-electron chi connectivity index (χ1n) is 20.1. The fourth-order valence-electron chi connectivity index (χ4n) is 9.04. The SMILES string of the molecule is C=C1CCC(N2Cc3cc(NCCCCN4CCN(CCOc5ccc([C@H]6c7ccc(O)cc7CC[C@H]6c6ccccc6)cc5)CC4)ccc3C2=O)C(=O)N1. The number of hydrogen-bond donors (Lipinski definition) is 3. The summed E-state index contributed by atoms with van der Waals surface area (Å²) in [7, 11) is 0. The van der Waals surface area contributed by atoms with Crippen molar-refractivity contribution in [2.75, 3.05) is 57.7 Å². The van der Waals surface area contributed by atoms with Gasteiger partial charge in [-0.25, -0.2) is 0 Å². The van der Waals surface area contributed by atoms with Crippen LogP contribution in [0.3, 0.4) is 0 Å². The Kier molecular flexibility index (Phi) is 11.2. The van der Waals surface area contributed by atoms with Crippen LogP contribution in [-0.4, -0.2) is 90.1 Å². The molecule has 9 heteroatoms. The highest BCUT2D eigenvalue weighted by molar-refractivity contribution is 6.01. The highest BCUT2D eigenvalue weighted by Crippen LogP contribution is 2.47. The van der Waals surface area contributed by atoms with E-state index in [0.29, 0.717) is 43.2 Å². The molecule has 4 aromatic rings. The summed E-state index contributed by atoms with van der Waals surface area (Å²) >= 11 is 0. The Morgan fingerprint density at radius 3 is 2.36 bits per heavy atom. The van der Waals surface area contributed by atoms with Crippen LogP contribution >= 0.6 is 0 Å². The standard InChI is InChI=1S/C46H53N5O4/c1-32-9-20-43(45(53)48-32)51-31-36-29-37(13-18-42(36)46(51)54)47-21-5-6-22-49-23-25-50(26-24-49)27-28-55-39-15-10-34(11-16-39)44-40(33-7-3-2-4-8-33)17-12-35-30-38(52)14-19-41(35)44/h2-4,7-8,10-11,13-16,18-19,29-30,40,43-44,47,52H,1,5-6,9,12,17,20-28,31H2,(H,48,53)/t40-,43?,44+/m0/s1. The summed E-state index contributed by atoms with van der Waals surface area (Å²) < 4.78 is 6.24. The number of phenolic OH excluding ortho intramolecular Hbond substituents is 1. The molecule has 9 nitrogen and oxygen atoms in total. The van der Waals surface area contributed by atoms with Gasteiger partial charge in [0.1, 0.15) is 24.1 Å². The first-order valence-corrected chi connectivity index (χ1v) is 20.1. The van der Waals surface area contributed by atoms with Crippen molar-refractivity contribution in [2.45, 2.75) is 62.9 Å². The summed E-state index contributed by atoms with van der Waals surface area (Å²) in [5.74, 6) is 1.68. The lowest BCUT2D eigenvalue weighted by Crippen LogP contribution is -2.49. The number of nitrogens with zero attached hydrogens (tertiary/aromatic N) is 3. The minimum Gasteiger partial charge on any atom is -0.508 e. The van der Waals surface area contributed by atoms with E-state index in [0.717, 1.165) is 94.2 Å². The van der Waals surface area contributed by atoms with Crippen LogP contribution in [0.15, 0.2) is 103 Å². The first-order chi connectivity index (χ1) is 26.9. The molecule has 2 amide bonds. The third kappa shape index (κ3) is 8.43. The molecule has 2 saturated heterocycles. The Morgan fingerprint density at radius 2 is 1.58 bits per heavy atom. The number of fused-ring (bicyclic) bond motifs is 2. The molecule has 3 atom stereocenters. The van der Waals surface area contributed by atoms with Crippen molar-refractivity contribution in [1.29, 1.82) is 0 Å². The number of anilines is 1. The lowest BCUT2D eigenvalue weighted by Gasteiger charge is -2.35. The third-order valence-electron chi connectivity index (χ3n) is 12.1. The van der Waals surface area contributed by atoms with Crippen LogP contribution in [-0.2, 0) is 17.8 Å². The van der Waals surface area contributed by atoms with Crippen molar-refractivity contribution in [3.8, 4) is 11.5 Å². The van der Waals surface area contributed by atoms with Gasteiger partial charge < -0.3 is 30.3 Å². The normalized spacial score (nSPS) is 21.6. The number of piperidine rings is 1. The lowest BCUT2D eigenvalue weighted by molar-refractivity contribution is -0.126. The largest absolute Gasteiger partial charge is 0.508 e. The van der Waals surface area contributed by atoms with Gasteiger partial charge in [0.25, 0.3) is 5.91 Å². The number of hydrogen-bond acceptors (Lipinski definition) is 7. The van der Waals surface area contributed by atoms with Crippen molar-refractivity contribution in [1.82, 2.24) is 20.0 Å². The Bertz CT molecular complexity index is 1990. The van der Waals surface area contributed by atoms with Gasteiger partial charge in [0.15, 0.2) is 0 Å². The summed E-state index contributed by atoms with van der Waals surface area (Å²) in [6, 6.07) is 30.9. The van der Waals surface area contributed by atoms with E-state index in [2.05, 4.69) is 93.7 Å². The highest BCUT2D eigenvalue weighted by Gasteiger charge is 2.38. The van der Waals surface area contributed by atoms with Crippen LogP contribution in [0.2, 0.25) is 0 Å². The molecule has 55 heavy (non-hydrogen) atoms. The van der Waals surface area contributed by atoms with Gasteiger partial charge in [-0.1, -0.05) is 55.1 Å². The predicted octanol–water partition coefficient (Wildman–Crippen LogP) is 6.89. The van der Waals surface area contributed by atoms with Crippen molar-refractivity contribution in [3.05, 3.63) is 137 Å². The Balaban J connectivity index is 0.740. The van der Waals surface area contributed by atoms with Crippen LogP contribution in [0.25, 0.3) is 0 Å². The maximum Gasteiger partial charge on any atom is 0.255 e. The maximum atomic E-state index is 13.0. The van der Waals surface area contributed by atoms with Gasteiger partial charge >= 0.3 is 0 Å². The average molecular weight is 740 g/mol. The van der Waals surface area contributed by atoms with Gasteiger partial charge in [-0.2, -0.15) is 0 Å². The van der Waals surface area contributed by atoms with Crippen molar-refractivity contribution in [3.63, 3.8) is 0 Å². The van der Waals surface area contributed by atoms with E-state index < -0.39 is 6.04 Å².